The summed E-state index contributed by atoms with van der Waals surface area (Å²) < 4.78 is 1.50. The quantitative estimate of drug-likeness (QED) is 0.603. The van der Waals surface area contributed by atoms with Gasteiger partial charge in [-0.05, 0) is 54.0 Å². The molecule has 2 amide bonds. The fourth-order valence-corrected chi connectivity index (χ4v) is 5.42. The molecule has 0 bridgehead atoms. The van der Waals surface area contributed by atoms with Gasteiger partial charge < -0.3 is 20.9 Å². The molecule has 3 heterocycles. The van der Waals surface area contributed by atoms with E-state index in [0.717, 1.165) is 49.6 Å². The first-order valence-corrected chi connectivity index (χ1v) is 11.9. The van der Waals surface area contributed by atoms with Crippen LogP contribution in [0, 0.1) is 17.8 Å². The molecule has 1 aliphatic carbocycles. The van der Waals surface area contributed by atoms with Crippen LogP contribution in [0.5, 0.6) is 0 Å². The smallest absolute Gasteiger partial charge is 0.330 e. The van der Waals surface area contributed by atoms with Crippen LogP contribution in [0.15, 0.2) is 41.3 Å². The lowest BCUT2D eigenvalue weighted by Gasteiger charge is -2.27. The first kappa shape index (κ1) is 22.1. The fraction of sp³-hybridized carbons (Fsp3) is 0.542. The first-order valence-electron chi connectivity index (χ1n) is 11.9. The predicted molar refractivity (Wildman–Crippen MR) is 128 cm³/mol. The number of urea groups is 1. The molecule has 5 rings (SSSR count). The normalized spacial score (nSPS) is 25.5. The Kier molecular flexibility index (Phi) is 6.18. The molecule has 9 heteroatoms. The summed E-state index contributed by atoms with van der Waals surface area (Å²) in [5, 5.41) is 5.93. The van der Waals surface area contributed by atoms with Gasteiger partial charge in [0.25, 0.3) is 0 Å². The number of fused-ring (bicyclic) bond motifs is 1. The van der Waals surface area contributed by atoms with Crippen LogP contribution >= 0.6 is 0 Å². The SMILES string of the molecule is CC(CN1C[C@@H]2C(CN)[C@@H]2C1)c1ccc(-n2ccc(NC(=O)N3CCNCC3)nc2=O)cc1. The summed E-state index contributed by atoms with van der Waals surface area (Å²) in [7, 11) is 0. The second-order valence-electron chi connectivity index (χ2n) is 9.57. The largest absolute Gasteiger partial charge is 0.354 e. The number of piperidine rings is 1. The number of rotatable bonds is 6. The lowest BCUT2D eigenvalue weighted by atomic mass is 10.00. The van der Waals surface area contributed by atoms with Gasteiger partial charge in [-0.15, -0.1) is 0 Å². The molecule has 1 aromatic carbocycles. The van der Waals surface area contributed by atoms with Crippen LogP contribution in [0.2, 0.25) is 0 Å². The van der Waals surface area contributed by atoms with E-state index in [1.54, 1.807) is 17.2 Å². The number of carbonyl (C=O) groups is 1. The lowest BCUT2D eigenvalue weighted by molar-refractivity contribution is 0.204. The molecule has 9 nitrogen and oxygen atoms in total. The highest BCUT2D eigenvalue weighted by Gasteiger charge is 2.54. The number of carbonyl (C=O) groups excluding carboxylic acids is 1. The van der Waals surface area contributed by atoms with Gasteiger partial charge in [-0.25, -0.2) is 9.59 Å². The van der Waals surface area contributed by atoms with Crippen LogP contribution in [0.25, 0.3) is 5.69 Å². The van der Waals surface area contributed by atoms with Crippen molar-refractivity contribution in [3.05, 3.63) is 52.6 Å². The second kappa shape index (κ2) is 9.24. The van der Waals surface area contributed by atoms with Gasteiger partial charge in [0.05, 0.1) is 5.69 Å². The van der Waals surface area contributed by atoms with Crippen LogP contribution in [0.3, 0.4) is 0 Å². The molecular weight excluding hydrogens is 418 g/mol. The highest BCUT2D eigenvalue weighted by molar-refractivity contribution is 5.88. The van der Waals surface area contributed by atoms with Crippen molar-refractivity contribution in [2.24, 2.45) is 23.5 Å². The van der Waals surface area contributed by atoms with Crippen LogP contribution in [0.4, 0.5) is 10.6 Å². The average molecular weight is 452 g/mol. The van der Waals surface area contributed by atoms with E-state index in [1.165, 1.54) is 23.2 Å². The Morgan fingerprint density at radius 2 is 1.88 bits per heavy atom. The molecule has 3 aliphatic rings. The van der Waals surface area contributed by atoms with Gasteiger partial charge in [0.1, 0.15) is 5.82 Å². The fourth-order valence-electron chi connectivity index (χ4n) is 5.42. The van der Waals surface area contributed by atoms with Crippen LogP contribution in [-0.4, -0.2) is 77.7 Å². The van der Waals surface area contributed by atoms with Crippen molar-refractivity contribution in [3.63, 3.8) is 0 Å². The van der Waals surface area contributed by atoms with Crippen molar-refractivity contribution in [2.45, 2.75) is 12.8 Å². The molecule has 4 atom stereocenters. The van der Waals surface area contributed by atoms with E-state index in [2.05, 4.69) is 39.6 Å². The van der Waals surface area contributed by atoms with Crippen LogP contribution in [-0.2, 0) is 0 Å². The Balaban J connectivity index is 1.19. The number of nitrogens with two attached hydrogens (primary N) is 1. The second-order valence-corrected chi connectivity index (χ2v) is 9.57. The number of anilines is 1. The number of aromatic nitrogens is 2. The third-order valence-corrected chi connectivity index (χ3v) is 7.43. The summed E-state index contributed by atoms with van der Waals surface area (Å²) in [5.74, 6) is 3.07. The summed E-state index contributed by atoms with van der Waals surface area (Å²) in [6, 6.07) is 9.52. The summed E-state index contributed by atoms with van der Waals surface area (Å²) in [6.07, 6.45) is 1.66. The van der Waals surface area contributed by atoms with E-state index >= 15 is 0 Å². The Morgan fingerprint density at radius 3 is 2.52 bits per heavy atom. The van der Waals surface area contributed by atoms with Gasteiger partial charge >= 0.3 is 11.7 Å². The minimum atomic E-state index is -0.417. The standard InChI is InChI=1S/C24H33N7O2/c1-16(13-29-14-20-19(12-25)21(20)15-29)17-2-4-18(5-3-17)31-9-6-22(28-24(31)33)27-23(32)30-10-7-26-8-11-30/h2-6,9,16,19-21,26H,7-8,10-15,25H2,1H3,(H,27,28,32,33)/t16?,19?,20-,21+. The molecule has 0 spiro atoms. The predicted octanol–water partition coefficient (Wildman–Crippen LogP) is 0.910. The Bertz CT molecular complexity index is 1040. The van der Waals surface area contributed by atoms with Crippen molar-refractivity contribution in [1.82, 2.24) is 24.7 Å². The zero-order chi connectivity index (χ0) is 22.9. The van der Waals surface area contributed by atoms with Crippen molar-refractivity contribution in [1.29, 1.82) is 0 Å². The molecule has 176 valence electrons. The lowest BCUT2D eigenvalue weighted by Crippen LogP contribution is -2.48. The van der Waals surface area contributed by atoms with Gasteiger partial charge in [-0.1, -0.05) is 19.1 Å². The molecule has 0 radical (unpaired) electrons. The number of hydrogen-bond donors (Lipinski definition) is 3. The Hall–Kier alpha value is -2.75. The van der Waals surface area contributed by atoms with Gasteiger partial charge in [0.2, 0.25) is 0 Å². The summed E-state index contributed by atoms with van der Waals surface area (Å²) in [4.78, 5) is 33.3. The van der Waals surface area contributed by atoms with Gasteiger partial charge in [-0.3, -0.25) is 9.88 Å². The van der Waals surface area contributed by atoms with Crippen molar-refractivity contribution < 1.29 is 4.79 Å². The number of piperazine rings is 1. The number of likely N-dealkylation sites (tertiary alicyclic amines) is 1. The Morgan fingerprint density at radius 1 is 1.18 bits per heavy atom. The third-order valence-electron chi connectivity index (χ3n) is 7.43. The minimum absolute atomic E-state index is 0.228. The number of amides is 2. The zero-order valence-corrected chi connectivity index (χ0v) is 19.1. The van der Waals surface area contributed by atoms with Gasteiger partial charge in [0.15, 0.2) is 0 Å². The van der Waals surface area contributed by atoms with E-state index in [-0.39, 0.29) is 11.8 Å². The molecule has 2 saturated heterocycles. The highest BCUT2D eigenvalue weighted by atomic mass is 16.2. The maximum Gasteiger partial charge on any atom is 0.354 e. The maximum absolute atomic E-state index is 12.6. The summed E-state index contributed by atoms with van der Waals surface area (Å²) >= 11 is 0. The zero-order valence-electron chi connectivity index (χ0n) is 19.1. The summed E-state index contributed by atoms with van der Waals surface area (Å²) in [6.45, 7) is 9.30. The average Bonchev–Trinajstić information content (AvgIpc) is 3.32. The molecule has 1 saturated carbocycles. The van der Waals surface area contributed by atoms with E-state index in [4.69, 9.17) is 5.73 Å². The minimum Gasteiger partial charge on any atom is -0.330 e. The van der Waals surface area contributed by atoms with Crippen molar-refractivity contribution >= 4 is 11.8 Å². The number of benzene rings is 1. The Labute approximate surface area is 194 Å². The van der Waals surface area contributed by atoms with E-state index in [0.29, 0.717) is 19.0 Å². The molecule has 1 aromatic heterocycles. The topological polar surface area (TPSA) is 109 Å². The van der Waals surface area contributed by atoms with Crippen LogP contribution < -0.4 is 22.1 Å². The molecule has 3 fully saturated rings. The maximum atomic E-state index is 12.6. The number of hydrogen-bond acceptors (Lipinski definition) is 6. The summed E-state index contributed by atoms with van der Waals surface area (Å²) in [5.41, 5.74) is 7.43. The first-order chi connectivity index (χ1) is 16.0. The molecular formula is C24H33N7O2. The molecule has 33 heavy (non-hydrogen) atoms. The van der Waals surface area contributed by atoms with Crippen LogP contribution in [0.1, 0.15) is 18.4 Å². The van der Waals surface area contributed by atoms with Gasteiger partial charge in [0, 0.05) is 52.0 Å². The molecule has 2 aromatic rings. The van der Waals surface area contributed by atoms with E-state index in [9.17, 15) is 9.59 Å². The molecule has 4 N–H and O–H groups in total. The van der Waals surface area contributed by atoms with Crippen molar-refractivity contribution in [2.75, 3.05) is 57.7 Å². The van der Waals surface area contributed by atoms with Gasteiger partial charge in [-0.2, -0.15) is 4.98 Å². The molecule has 2 unspecified atom stereocenters. The van der Waals surface area contributed by atoms with Crippen molar-refractivity contribution in [3.8, 4) is 5.69 Å². The van der Waals surface area contributed by atoms with E-state index in [1.807, 2.05) is 12.1 Å². The number of nitrogens with zero attached hydrogens (tertiary/aromatic N) is 4. The highest BCUT2D eigenvalue weighted by Crippen LogP contribution is 2.51. The monoisotopic (exact) mass is 451 g/mol. The van der Waals surface area contributed by atoms with E-state index < -0.39 is 5.69 Å². The number of nitrogens with one attached hydrogen (secondary N) is 2. The third kappa shape index (κ3) is 4.66. The molecule has 2 aliphatic heterocycles.